The van der Waals surface area contributed by atoms with Crippen LogP contribution in [0.15, 0.2) is 53.0 Å². The molecule has 4 heteroatoms. The highest BCUT2D eigenvalue weighted by atomic mass is 32.1. The fraction of sp³-hybridized carbons (Fsp3) is 0.520. The molecule has 0 spiro atoms. The molecule has 1 aromatic heterocycles. The highest BCUT2D eigenvalue weighted by Gasteiger charge is 2.60. The Bertz CT molecular complexity index is 953. The molecule has 2 unspecified atom stereocenters. The first-order valence-corrected chi connectivity index (χ1v) is 11.6. The average Bonchev–Trinajstić information content (AvgIpc) is 3.33. The van der Waals surface area contributed by atoms with Crippen molar-refractivity contribution in [1.29, 1.82) is 0 Å². The van der Waals surface area contributed by atoms with E-state index in [4.69, 9.17) is 0 Å². The standard InChI is InChI=1S/C25H28O3S/c1-24-9-7-16(27)12-15(24)5-6-17-19(24)8-10-25(2)20(17)13-18(22-4-3-11-29-22)23(25)21(28)14-26/h3-4,7-9,11-12,17-18,20,23,26H,5-6,10,13-14H2,1-2H3/t17?,18-,20?,23-,24+,25+/m1/s1. The number of aliphatic hydroxyl groups is 1. The van der Waals surface area contributed by atoms with Gasteiger partial charge in [0, 0.05) is 22.1 Å². The molecule has 0 radical (unpaired) electrons. The van der Waals surface area contributed by atoms with E-state index in [0.717, 1.165) is 25.7 Å². The molecule has 0 amide bonds. The molecule has 3 nitrogen and oxygen atoms in total. The molecule has 152 valence electrons. The first-order chi connectivity index (χ1) is 13.9. The number of fused-ring (bicyclic) bond motifs is 5. The number of thiophene rings is 1. The van der Waals surface area contributed by atoms with Crippen LogP contribution in [-0.4, -0.2) is 23.3 Å². The van der Waals surface area contributed by atoms with Gasteiger partial charge in [0.15, 0.2) is 11.6 Å². The second-order valence-electron chi connectivity index (χ2n) is 9.69. The number of carbonyl (C=O) groups is 2. The van der Waals surface area contributed by atoms with Gasteiger partial charge in [-0.3, -0.25) is 9.59 Å². The van der Waals surface area contributed by atoms with Crippen molar-refractivity contribution in [3.63, 3.8) is 0 Å². The Kier molecular flexibility index (Phi) is 4.38. The zero-order chi connectivity index (χ0) is 20.4. The van der Waals surface area contributed by atoms with E-state index in [-0.39, 0.29) is 40.8 Å². The van der Waals surface area contributed by atoms with Crippen molar-refractivity contribution in [2.75, 3.05) is 6.61 Å². The Morgan fingerprint density at radius 3 is 2.86 bits per heavy atom. The molecule has 2 saturated carbocycles. The SMILES string of the molecule is C[C@]12C=CC(=O)C=C1CCC1C2=CC[C@@]2(C)C1C[C@H](c1cccs1)[C@@H]2C(=O)CO. The van der Waals surface area contributed by atoms with Gasteiger partial charge < -0.3 is 5.11 Å². The van der Waals surface area contributed by atoms with Gasteiger partial charge in [0.1, 0.15) is 6.61 Å². The summed E-state index contributed by atoms with van der Waals surface area (Å²) in [5.41, 5.74) is 2.42. The summed E-state index contributed by atoms with van der Waals surface area (Å²) in [4.78, 5) is 26.2. The van der Waals surface area contributed by atoms with Gasteiger partial charge in [0.25, 0.3) is 0 Å². The Morgan fingerprint density at radius 1 is 1.31 bits per heavy atom. The maximum absolute atomic E-state index is 12.9. The van der Waals surface area contributed by atoms with Crippen molar-refractivity contribution in [1.82, 2.24) is 0 Å². The molecule has 1 N–H and O–H groups in total. The predicted octanol–water partition coefficient (Wildman–Crippen LogP) is 4.85. The van der Waals surface area contributed by atoms with Crippen molar-refractivity contribution in [2.45, 2.75) is 45.4 Å². The van der Waals surface area contributed by atoms with Crippen LogP contribution in [0.3, 0.4) is 0 Å². The van der Waals surface area contributed by atoms with Crippen LogP contribution >= 0.6 is 11.3 Å². The summed E-state index contributed by atoms with van der Waals surface area (Å²) in [5.74, 6) is 1.04. The van der Waals surface area contributed by atoms with Crippen LogP contribution in [0.2, 0.25) is 0 Å². The van der Waals surface area contributed by atoms with Gasteiger partial charge in [0.05, 0.1) is 0 Å². The molecule has 0 saturated heterocycles. The summed E-state index contributed by atoms with van der Waals surface area (Å²) in [6.45, 7) is 4.17. The van der Waals surface area contributed by atoms with Gasteiger partial charge in [-0.05, 0) is 73.5 Å². The first kappa shape index (κ1) is 19.2. The Labute approximate surface area is 176 Å². The van der Waals surface area contributed by atoms with Gasteiger partial charge in [0.2, 0.25) is 0 Å². The van der Waals surface area contributed by atoms with Crippen LogP contribution in [0.5, 0.6) is 0 Å². The van der Waals surface area contributed by atoms with Crippen LogP contribution in [0.1, 0.15) is 50.3 Å². The van der Waals surface area contributed by atoms with E-state index in [1.54, 1.807) is 17.4 Å². The highest BCUT2D eigenvalue weighted by Crippen LogP contribution is 2.67. The number of rotatable bonds is 3. The molecule has 5 rings (SSSR count). The van der Waals surface area contributed by atoms with Crippen LogP contribution in [0, 0.1) is 28.6 Å². The van der Waals surface area contributed by atoms with Crippen LogP contribution in [0.4, 0.5) is 0 Å². The molecular weight excluding hydrogens is 380 g/mol. The van der Waals surface area contributed by atoms with Crippen molar-refractivity contribution in [3.8, 4) is 0 Å². The second kappa shape index (κ2) is 6.61. The smallest absolute Gasteiger partial charge is 0.178 e. The monoisotopic (exact) mass is 408 g/mol. The Morgan fingerprint density at radius 2 is 2.14 bits per heavy atom. The molecule has 4 aliphatic carbocycles. The third kappa shape index (κ3) is 2.65. The lowest BCUT2D eigenvalue weighted by molar-refractivity contribution is -0.130. The maximum atomic E-state index is 12.9. The highest BCUT2D eigenvalue weighted by molar-refractivity contribution is 7.10. The van der Waals surface area contributed by atoms with E-state index < -0.39 is 0 Å². The lowest BCUT2D eigenvalue weighted by atomic mass is 9.52. The number of Topliss-reactive ketones (excluding diaryl/α,β-unsaturated/α-hetero) is 1. The van der Waals surface area contributed by atoms with E-state index in [2.05, 4.69) is 43.5 Å². The predicted molar refractivity (Wildman–Crippen MR) is 115 cm³/mol. The lowest BCUT2D eigenvalue weighted by Crippen LogP contribution is -2.45. The number of ketones is 2. The second-order valence-corrected chi connectivity index (χ2v) is 10.7. The van der Waals surface area contributed by atoms with E-state index >= 15 is 0 Å². The molecule has 2 fully saturated rings. The minimum Gasteiger partial charge on any atom is -0.389 e. The molecule has 1 aromatic rings. The van der Waals surface area contributed by atoms with E-state index in [1.165, 1.54) is 16.0 Å². The molecule has 6 atom stereocenters. The molecule has 0 aliphatic heterocycles. The third-order valence-corrected chi connectivity index (χ3v) is 9.42. The van der Waals surface area contributed by atoms with Crippen molar-refractivity contribution in [3.05, 3.63) is 57.8 Å². The zero-order valence-corrected chi connectivity index (χ0v) is 17.9. The van der Waals surface area contributed by atoms with Crippen LogP contribution in [-0.2, 0) is 9.59 Å². The number of aliphatic hydroxyl groups excluding tert-OH is 1. The van der Waals surface area contributed by atoms with Crippen LogP contribution in [0.25, 0.3) is 0 Å². The number of carbonyl (C=O) groups excluding carboxylic acids is 2. The van der Waals surface area contributed by atoms with Gasteiger partial charge in [-0.1, -0.05) is 36.3 Å². The van der Waals surface area contributed by atoms with Crippen molar-refractivity contribution in [2.24, 2.45) is 28.6 Å². The number of hydrogen-bond donors (Lipinski definition) is 1. The lowest BCUT2D eigenvalue weighted by Gasteiger charge is -2.52. The van der Waals surface area contributed by atoms with Gasteiger partial charge >= 0.3 is 0 Å². The number of hydrogen-bond acceptors (Lipinski definition) is 4. The van der Waals surface area contributed by atoms with Gasteiger partial charge in [-0.15, -0.1) is 11.3 Å². The number of allylic oxidation sites excluding steroid dienone is 6. The molecule has 29 heavy (non-hydrogen) atoms. The largest absolute Gasteiger partial charge is 0.389 e. The quantitative estimate of drug-likeness (QED) is 0.728. The third-order valence-electron chi connectivity index (χ3n) is 8.41. The van der Waals surface area contributed by atoms with E-state index in [1.807, 2.05) is 6.08 Å². The summed E-state index contributed by atoms with van der Waals surface area (Å²) in [7, 11) is 0. The van der Waals surface area contributed by atoms with Crippen LogP contribution < -0.4 is 0 Å². The first-order valence-electron chi connectivity index (χ1n) is 10.7. The molecule has 0 aromatic carbocycles. The summed E-state index contributed by atoms with van der Waals surface area (Å²) < 4.78 is 0. The fourth-order valence-electron chi connectivity index (χ4n) is 7.05. The van der Waals surface area contributed by atoms with E-state index in [9.17, 15) is 14.7 Å². The molecule has 1 heterocycles. The van der Waals surface area contributed by atoms with Gasteiger partial charge in [-0.2, -0.15) is 0 Å². The Balaban J connectivity index is 1.58. The minimum absolute atomic E-state index is 0.00369. The average molecular weight is 409 g/mol. The molecular formula is C25H28O3S. The molecule has 4 aliphatic rings. The maximum Gasteiger partial charge on any atom is 0.178 e. The van der Waals surface area contributed by atoms with Crippen molar-refractivity contribution < 1.29 is 14.7 Å². The fourth-order valence-corrected chi connectivity index (χ4v) is 7.92. The van der Waals surface area contributed by atoms with Gasteiger partial charge in [-0.25, -0.2) is 0 Å². The topological polar surface area (TPSA) is 54.4 Å². The summed E-state index contributed by atoms with van der Waals surface area (Å²) in [6.07, 6.45) is 11.9. The van der Waals surface area contributed by atoms with E-state index in [0.29, 0.717) is 11.8 Å². The molecule has 0 bridgehead atoms. The Hall–Kier alpha value is -1.78. The minimum atomic E-state index is -0.370. The summed E-state index contributed by atoms with van der Waals surface area (Å²) >= 11 is 1.73. The summed E-state index contributed by atoms with van der Waals surface area (Å²) in [6, 6.07) is 4.22. The van der Waals surface area contributed by atoms with Crippen molar-refractivity contribution >= 4 is 22.9 Å². The summed E-state index contributed by atoms with van der Waals surface area (Å²) in [5, 5.41) is 11.8. The normalized spacial score (nSPS) is 40.6. The zero-order valence-electron chi connectivity index (χ0n) is 17.1.